The topological polar surface area (TPSA) is 51.2 Å². The van der Waals surface area contributed by atoms with E-state index in [-0.39, 0.29) is 0 Å². The average Bonchev–Trinajstić information content (AvgIpc) is 2.69. The van der Waals surface area contributed by atoms with Crippen molar-refractivity contribution in [1.82, 2.24) is 5.32 Å². The molecule has 0 aromatic carbocycles. The summed E-state index contributed by atoms with van der Waals surface area (Å²) in [5.74, 6) is 1.64. The molecule has 1 aromatic rings. The van der Waals surface area contributed by atoms with Crippen molar-refractivity contribution in [3.05, 3.63) is 24.2 Å². The highest BCUT2D eigenvalue weighted by Gasteiger charge is 1.98. The Kier molecular flexibility index (Phi) is 5.33. The van der Waals surface area contributed by atoms with Gasteiger partial charge in [0.05, 0.1) is 12.8 Å². The number of hydrogen-bond acceptors (Lipinski definition) is 3. The van der Waals surface area contributed by atoms with E-state index < -0.39 is 0 Å². The monoisotopic (exact) mass is 196 g/mol. The van der Waals surface area contributed by atoms with Gasteiger partial charge in [-0.3, -0.25) is 0 Å². The summed E-state index contributed by atoms with van der Waals surface area (Å²) in [6.45, 7) is 4.83. The van der Waals surface area contributed by atoms with E-state index in [4.69, 9.17) is 10.2 Å². The van der Waals surface area contributed by atoms with Crippen LogP contribution >= 0.6 is 0 Å². The summed E-state index contributed by atoms with van der Waals surface area (Å²) in [5, 5.41) is 3.33. The van der Waals surface area contributed by atoms with Gasteiger partial charge in [-0.05, 0) is 44.0 Å². The highest BCUT2D eigenvalue weighted by atomic mass is 16.3. The van der Waals surface area contributed by atoms with Crippen LogP contribution in [0.4, 0.5) is 0 Å². The first-order valence-corrected chi connectivity index (χ1v) is 5.26. The van der Waals surface area contributed by atoms with Crippen molar-refractivity contribution < 1.29 is 4.42 Å². The average molecular weight is 196 g/mol. The number of furan rings is 1. The maximum atomic E-state index is 5.53. The van der Waals surface area contributed by atoms with Gasteiger partial charge in [-0.15, -0.1) is 0 Å². The highest BCUT2D eigenvalue weighted by Crippen LogP contribution is 2.02. The molecule has 1 aromatic heterocycles. The van der Waals surface area contributed by atoms with Crippen LogP contribution in [0.3, 0.4) is 0 Å². The lowest BCUT2D eigenvalue weighted by molar-refractivity contribution is 0.463. The molecule has 0 spiro atoms. The largest absolute Gasteiger partial charge is 0.468 e. The Bertz CT molecular complexity index is 221. The number of nitrogens with one attached hydrogen (secondary N) is 1. The lowest BCUT2D eigenvalue weighted by Gasteiger charge is -2.07. The summed E-state index contributed by atoms with van der Waals surface area (Å²) >= 11 is 0. The predicted molar refractivity (Wildman–Crippen MR) is 57.9 cm³/mol. The maximum Gasteiger partial charge on any atom is 0.117 e. The van der Waals surface area contributed by atoms with E-state index in [0.29, 0.717) is 5.92 Å². The summed E-state index contributed by atoms with van der Waals surface area (Å²) in [7, 11) is 0. The molecule has 0 saturated carbocycles. The molecule has 80 valence electrons. The van der Waals surface area contributed by atoms with Crippen LogP contribution in [0.25, 0.3) is 0 Å². The van der Waals surface area contributed by atoms with Crippen LogP contribution in [0.1, 0.15) is 25.5 Å². The molecule has 0 fully saturated rings. The van der Waals surface area contributed by atoms with E-state index in [1.807, 2.05) is 12.1 Å². The number of hydrogen-bond donors (Lipinski definition) is 2. The minimum absolute atomic E-state index is 0.639. The van der Waals surface area contributed by atoms with Crippen LogP contribution in [0.15, 0.2) is 22.8 Å². The molecular formula is C11H20N2O. The van der Waals surface area contributed by atoms with Crippen molar-refractivity contribution in [2.75, 3.05) is 13.1 Å². The van der Waals surface area contributed by atoms with Crippen LogP contribution in [0.5, 0.6) is 0 Å². The molecule has 0 bridgehead atoms. The van der Waals surface area contributed by atoms with Gasteiger partial charge in [-0.25, -0.2) is 0 Å². The van der Waals surface area contributed by atoms with Crippen molar-refractivity contribution in [3.63, 3.8) is 0 Å². The first-order chi connectivity index (χ1) is 6.83. The molecule has 0 radical (unpaired) electrons. The fourth-order valence-corrected chi connectivity index (χ4v) is 1.32. The zero-order chi connectivity index (χ0) is 10.2. The molecule has 1 unspecified atom stereocenters. The van der Waals surface area contributed by atoms with Gasteiger partial charge >= 0.3 is 0 Å². The summed E-state index contributed by atoms with van der Waals surface area (Å²) in [6.07, 6.45) is 4.08. The smallest absolute Gasteiger partial charge is 0.117 e. The first kappa shape index (κ1) is 11.3. The lowest BCUT2D eigenvalue weighted by Crippen LogP contribution is -2.17. The Labute approximate surface area is 85.7 Å². The van der Waals surface area contributed by atoms with Crippen LogP contribution in [0.2, 0.25) is 0 Å². The molecule has 0 aliphatic rings. The van der Waals surface area contributed by atoms with Crippen molar-refractivity contribution >= 4 is 0 Å². The number of nitrogens with two attached hydrogens (primary N) is 1. The van der Waals surface area contributed by atoms with Crippen LogP contribution < -0.4 is 11.1 Å². The zero-order valence-corrected chi connectivity index (χ0v) is 8.83. The van der Waals surface area contributed by atoms with E-state index in [2.05, 4.69) is 12.2 Å². The summed E-state index contributed by atoms with van der Waals surface area (Å²) in [6, 6.07) is 3.89. The Balaban J connectivity index is 1.95. The zero-order valence-electron chi connectivity index (χ0n) is 8.83. The second-order valence-electron chi connectivity index (χ2n) is 3.74. The Morgan fingerprint density at radius 3 is 3.07 bits per heavy atom. The van der Waals surface area contributed by atoms with Gasteiger partial charge in [0, 0.05) is 0 Å². The third-order valence-corrected chi connectivity index (χ3v) is 2.33. The first-order valence-electron chi connectivity index (χ1n) is 5.26. The van der Waals surface area contributed by atoms with Gasteiger partial charge < -0.3 is 15.5 Å². The highest BCUT2D eigenvalue weighted by molar-refractivity contribution is 4.97. The van der Waals surface area contributed by atoms with Gasteiger partial charge in [0.15, 0.2) is 0 Å². The Hall–Kier alpha value is -0.800. The van der Waals surface area contributed by atoms with Crippen molar-refractivity contribution in [2.45, 2.75) is 26.3 Å². The van der Waals surface area contributed by atoms with Crippen LogP contribution in [0, 0.1) is 5.92 Å². The van der Waals surface area contributed by atoms with Gasteiger partial charge in [-0.1, -0.05) is 6.92 Å². The molecule has 3 N–H and O–H groups in total. The van der Waals surface area contributed by atoms with Crippen molar-refractivity contribution in [2.24, 2.45) is 11.7 Å². The van der Waals surface area contributed by atoms with E-state index >= 15 is 0 Å². The molecule has 0 saturated heterocycles. The van der Waals surface area contributed by atoms with Crippen LogP contribution in [-0.2, 0) is 6.54 Å². The number of rotatable bonds is 7. The Morgan fingerprint density at radius 2 is 2.43 bits per heavy atom. The van der Waals surface area contributed by atoms with E-state index in [9.17, 15) is 0 Å². The van der Waals surface area contributed by atoms with Gasteiger partial charge in [0.2, 0.25) is 0 Å². The molecule has 0 aliphatic carbocycles. The van der Waals surface area contributed by atoms with Crippen molar-refractivity contribution in [1.29, 1.82) is 0 Å². The third-order valence-electron chi connectivity index (χ3n) is 2.33. The minimum atomic E-state index is 0.639. The van der Waals surface area contributed by atoms with Crippen molar-refractivity contribution in [3.8, 4) is 0 Å². The maximum absolute atomic E-state index is 5.53. The molecule has 3 heteroatoms. The lowest BCUT2D eigenvalue weighted by atomic mass is 10.1. The van der Waals surface area contributed by atoms with Crippen LogP contribution in [-0.4, -0.2) is 13.1 Å². The Morgan fingerprint density at radius 1 is 1.57 bits per heavy atom. The summed E-state index contributed by atoms with van der Waals surface area (Å²) in [5.41, 5.74) is 5.53. The minimum Gasteiger partial charge on any atom is -0.468 e. The van der Waals surface area contributed by atoms with E-state index in [1.54, 1.807) is 6.26 Å². The SMILES string of the molecule is CC(CN)CCCNCc1ccco1. The van der Waals surface area contributed by atoms with E-state index in [0.717, 1.165) is 25.4 Å². The van der Waals surface area contributed by atoms with E-state index in [1.165, 1.54) is 12.8 Å². The molecule has 14 heavy (non-hydrogen) atoms. The second kappa shape index (κ2) is 6.62. The predicted octanol–water partition coefficient (Wildman–Crippen LogP) is 1.74. The summed E-state index contributed by atoms with van der Waals surface area (Å²) in [4.78, 5) is 0. The normalized spacial score (nSPS) is 13.0. The molecule has 1 heterocycles. The standard InChI is InChI=1S/C11H20N2O/c1-10(8-12)4-2-6-13-9-11-5-3-7-14-11/h3,5,7,10,13H,2,4,6,8-9,12H2,1H3. The molecule has 1 rings (SSSR count). The second-order valence-corrected chi connectivity index (χ2v) is 3.74. The summed E-state index contributed by atoms with van der Waals surface area (Å²) < 4.78 is 5.20. The fraction of sp³-hybridized carbons (Fsp3) is 0.636. The third kappa shape index (κ3) is 4.44. The molecule has 1 atom stereocenters. The van der Waals surface area contributed by atoms with Gasteiger partial charge in [0.1, 0.15) is 5.76 Å². The molecule has 3 nitrogen and oxygen atoms in total. The van der Waals surface area contributed by atoms with Gasteiger partial charge in [-0.2, -0.15) is 0 Å². The molecule has 0 amide bonds. The van der Waals surface area contributed by atoms with Gasteiger partial charge in [0.25, 0.3) is 0 Å². The fourth-order valence-electron chi connectivity index (χ4n) is 1.32. The molecular weight excluding hydrogens is 176 g/mol. The molecule has 0 aliphatic heterocycles. The quantitative estimate of drug-likeness (QED) is 0.653.